The second kappa shape index (κ2) is 8.02. The summed E-state index contributed by atoms with van der Waals surface area (Å²) in [6.45, 7) is 3.90. The highest BCUT2D eigenvalue weighted by atomic mass is 35.5. The molecule has 1 unspecified atom stereocenters. The second-order valence-electron chi connectivity index (χ2n) is 4.47. The molecule has 1 atom stereocenters. The number of amides is 1. The van der Waals surface area contributed by atoms with Gasteiger partial charge < -0.3 is 15.2 Å². The van der Waals surface area contributed by atoms with Crippen molar-refractivity contribution in [1.82, 2.24) is 5.32 Å². The molecule has 0 bridgehead atoms. The molecule has 1 aromatic rings. The van der Waals surface area contributed by atoms with Gasteiger partial charge >= 0.3 is 0 Å². The van der Waals surface area contributed by atoms with Crippen LogP contribution in [-0.4, -0.2) is 23.7 Å². The lowest BCUT2D eigenvalue weighted by molar-refractivity contribution is -0.123. The zero-order valence-electron chi connectivity index (χ0n) is 11.3. The van der Waals surface area contributed by atoms with Crippen LogP contribution >= 0.6 is 11.6 Å². The van der Waals surface area contributed by atoms with Crippen LogP contribution in [0.5, 0.6) is 5.75 Å². The molecule has 0 aliphatic rings. The van der Waals surface area contributed by atoms with Gasteiger partial charge in [-0.1, -0.05) is 31.0 Å². The van der Waals surface area contributed by atoms with Gasteiger partial charge in [-0.05, 0) is 31.0 Å². The molecule has 0 aliphatic carbocycles. The summed E-state index contributed by atoms with van der Waals surface area (Å²) < 4.78 is 5.35. The number of hydrogen-bond donors (Lipinski definition) is 2. The molecule has 0 radical (unpaired) electrons. The summed E-state index contributed by atoms with van der Waals surface area (Å²) in [7, 11) is 0. The summed E-state index contributed by atoms with van der Waals surface area (Å²) in [5.74, 6) is 0.278. The zero-order chi connectivity index (χ0) is 14.3. The van der Waals surface area contributed by atoms with E-state index in [0.717, 1.165) is 12.8 Å². The molecule has 19 heavy (non-hydrogen) atoms. The summed E-state index contributed by atoms with van der Waals surface area (Å²) >= 11 is 5.98. The van der Waals surface area contributed by atoms with Crippen molar-refractivity contribution in [2.75, 3.05) is 6.61 Å². The average molecular weight is 286 g/mol. The van der Waals surface area contributed by atoms with Crippen molar-refractivity contribution in [2.45, 2.75) is 39.3 Å². The van der Waals surface area contributed by atoms with Crippen molar-refractivity contribution in [1.29, 1.82) is 0 Å². The molecule has 1 aromatic carbocycles. The lowest BCUT2D eigenvalue weighted by atomic mass is 10.2. The Labute approximate surface area is 118 Å². The molecule has 106 valence electrons. The first-order valence-electron chi connectivity index (χ1n) is 6.38. The van der Waals surface area contributed by atoms with Gasteiger partial charge in [0.05, 0.1) is 11.6 Å². The maximum absolute atomic E-state index is 11.6. The number of nitrogens with one attached hydrogen (secondary N) is 1. The van der Waals surface area contributed by atoms with E-state index >= 15 is 0 Å². The standard InChI is InChI=1S/C14H20ClNO3/c1-3-4-10(2)16-14(18)9-19-13-6-5-11(8-17)7-12(13)15/h5-7,10,17H,3-4,8-9H2,1-2H3,(H,16,18). The van der Waals surface area contributed by atoms with Crippen molar-refractivity contribution in [3.63, 3.8) is 0 Å². The summed E-state index contributed by atoms with van der Waals surface area (Å²) in [4.78, 5) is 11.6. The number of aliphatic hydroxyl groups excluding tert-OH is 1. The monoisotopic (exact) mass is 285 g/mol. The van der Waals surface area contributed by atoms with Gasteiger partial charge in [0.15, 0.2) is 6.61 Å². The largest absolute Gasteiger partial charge is 0.482 e. The van der Waals surface area contributed by atoms with Crippen LogP contribution in [0.4, 0.5) is 0 Å². The normalized spacial score (nSPS) is 12.0. The van der Waals surface area contributed by atoms with Crippen LogP contribution in [0.1, 0.15) is 32.3 Å². The summed E-state index contributed by atoms with van der Waals surface area (Å²) in [5, 5.41) is 12.2. The average Bonchev–Trinajstić information content (AvgIpc) is 2.37. The Morgan fingerprint density at radius 1 is 1.53 bits per heavy atom. The third kappa shape index (κ3) is 5.49. The van der Waals surface area contributed by atoms with Crippen LogP contribution in [0.3, 0.4) is 0 Å². The highest BCUT2D eigenvalue weighted by Crippen LogP contribution is 2.25. The molecule has 0 heterocycles. The van der Waals surface area contributed by atoms with Crippen LogP contribution in [-0.2, 0) is 11.4 Å². The molecule has 0 fully saturated rings. The van der Waals surface area contributed by atoms with Crippen LogP contribution in [0.2, 0.25) is 5.02 Å². The van der Waals surface area contributed by atoms with Gasteiger partial charge in [-0.15, -0.1) is 0 Å². The molecule has 1 amide bonds. The molecule has 1 rings (SSSR count). The zero-order valence-corrected chi connectivity index (χ0v) is 12.0. The number of hydrogen-bond acceptors (Lipinski definition) is 3. The second-order valence-corrected chi connectivity index (χ2v) is 4.88. The maximum atomic E-state index is 11.6. The molecule has 4 nitrogen and oxygen atoms in total. The lowest BCUT2D eigenvalue weighted by Crippen LogP contribution is -2.35. The van der Waals surface area contributed by atoms with E-state index in [1.54, 1.807) is 18.2 Å². The first kappa shape index (κ1) is 15.8. The summed E-state index contributed by atoms with van der Waals surface area (Å²) in [6, 6.07) is 5.12. The topological polar surface area (TPSA) is 58.6 Å². The Bertz CT molecular complexity index is 423. The van der Waals surface area contributed by atoms with Crippen molar-refractivity contribution >= 4 is 17.5 Å². The lowest BCUT2D eigenvalue weighted by Gasteiger charge is -2.13. The molecule has 0 aliphatic heterocycles. The molecule has 0 aromatic heterocycles. The fourth-order valence-electron chi connectivity index (χ4n) is 1.72. The maximum Gasteiger partial charge on any atom is 0.258 e. The molecule has 0 saturated heterocycles. The summed E-state index contributed by atoms with van der Waals surface area (Å²) in [5.41, 5.74) is 0.707. The number of carbonyl (C=O) groups excluding carboxylic acids is 1. The van der Waals surface area contributed by atoms with Crippen LogP contribution in [0, 0.1) is 0 Å². The van der Waals surface area contributed by atoms with Crippen LogP contribution in [0.25, 0.3) is 0 Å². The van der Waals surface area contributed by atoms with Crippen molar-refractivity contribution in [3.05, 3.63) is 28.8 Å². The van der Waals surface area contributed by atoms with E-state index in [0.29, 0.717) is 16.3 Å². The predicted molar refractivity (Wildman–Crippen MR) is 75.4 cm³/mol. The first-order valence-corrected chi connectivity index (χ1v) is 6.76. The number of aliphatic hydroxyl groups is 1. The van der Waals surface area contributed by atoms with Crippen molar-refractivity contribution in [3.8, 4) is 5.75 Å². The van der Waals surface area contributed by atoms with E-state index in [1.165, 1.54) is 0 Å². The van der Waals surface area contributed by atoms with Crippen LogP contribution < -0.4 is 10.1 Å². The molecule has 5 heteroatoms. The van der Waals surface area contributed by atoms with E-state index < -0.39 is 0 Å². The van der Waals surface area contributed by atoms with Gasteiger partial charge in [0.25, 0.3) is 5.91 Å². The fraction of sp³-hybridized carbons (Fsp3) is 0.500. The Morgan fingerprint density at radius 2 is 2.26 bits per heavy atom. The minimum atomic E-state index is -0.164. The van der Waals surface area contributed by atoms with Gasteiger partial charge in [-0.25, -0.2) is 0 Å². The predicted octanol–water partition coefficient (Wildman–Crippen LogP) is 2.52. The smallest absolute Gasteiger partial charge is 0.258 e. The fourth-order valence-corrected chi connectivity index (χ4v) is 1.98. The van der Waals surface area contributed by atoms with E-state index in [2.05, 4.69) is 12.2 Å². The number of carbonyl (C=O) groups is 1. The van der Waals surface area contributed by atoms with E-state index in [-0.39, 0.29) is 25.2 Å². The van der Waals surface area contributed by atoms with Gasteiger partial charge in [-0.3, -0.25) is 4.79 Å². The number of ether oxygens (including phenoxy) is 1. The quantitative estimate of drug-likeness (QED) is 0.809. The van der Waals surface area contributed by atoms with E-state index in [4.69, 9.17) is 21.4 Å². The van der Waals surface area contributed by atoms with Gasteiger partial charge in [-0.2, -0.15) is 0 Å². The molecular weight excluding hydrogens is 266 g/mol. The third-order valence-electron chi connectivity index (χ3n) is 2.67. The van der Waals surface area contributed by atoms with Crippen molar-refractivity contribution in [2.24, 2.45) is 0 Å². The minimum Gasteiger partial charge on any atom is -0.482 e. The Hall–Kier alpha value is -1.26. The Kier molecular flexibility index (Phi) is 6.67. The Morgan fingerprint density at radius 3 is 2.84 bits per heavy atom. The van der Waals surface area contributed by atoms with Crippen molar-refractivity contribution < 1.29 is 14.6 Å². The number of rotatable bonds is 7. The molecule has 0 saturated carbocycles. The van der Waals surface area contributed by atoms with Gasteiger partial charge in [0, 0.05) is 6.04 Å². The SMILES string of the molecule is CCCC(C)NC(=O)COc1ccc(CO)cc1Cl. The molecule has 0 spiro atoms. The van der Waals surface area contributed by atoms with E-state index in [9.17, 15) is 4.79 Å². The summed E-state index contributed by atoms with van der Waals surface area (Å²) in [6.07, 6.45) is 1.97. The number of halogens is 1. The van der Waals surface area contributed by atoms with Crippen LogP contribution in [0.15, 0.2) is 18.2 Å². The van der Waals surface area contributed by atoms with Gasteiger partial charge in [0.1, 0.15) is 5.75 Å². The Balaban J connectivity index is 2.46. The number of benzene rings is 1. The third-order valence-corrected chi connectivity index (χ3v) is 2.96. The highest BCUT2D eigenvalue weighted by Gasteiger charge is 2.09. The van der Waals surface area contributed by atoms with Gasteiger partial charge in [0.2, 0.25) is 0 Å². The minimum absolute atomic E-state index is 0.0632. The molecular formula is C14H20ClNO3. The molecule has 2 N–H and O–H groups in total. The highest BCUT2D eigenvalue weighted by molar-refractivity contribution is 6.32. The van der Waals surface area contributed by atoms with E-state index in [1.807, 2.05) is 6.92 Å². The first-order chi connectivity index (χ1) is 9.06.